The standard InChI is InChI=1S/C11H25BO3/c1-6-7-8-9-12(14)15-11(4,5)10(2,3)13/h13-14H,6-9H2,1-5H3. The Hall–Kier alpha value is -0.0551. The lowest BCUT2D eigenvalue weighted by atomic mass is 9.79. The van der Waals surface area contributed by atoms with E-state index >= 15 is 0 Å². The summed E-state index contributed by atoms with van der Waals surface area (Å²) in [7, 11) is -0.780. The molecule has 3 nitrogen and oxygen atoms in total. The van der Waals surface area contributed by atoms with Gasteiger partial charge in [-0.3, -0.25) is 0 Å². The molecule has 15 heavy (non-hydrogen) atoms. The van der Waals surface area contributed by atoms with E-state index in [0.29, 0.717) is 6.32 Å². The first-order valence-corrected chi connectivity index (χ1v) is 5.79. The third kappa shape index (κ3) is 5.54. The van der Waals surface area contributed by atoms with E-state index in [9.17, 15) is 10.1 Å². The van der Waals surface area contributed by atoms with Crippen LogP contribution < -0.4 is 0 Å². The Balaban J connectivity index is 3.99. The monoisotopic (exact) mass is 216 g/mol. The molecule has 0 fully saturated rings. The van der Waals surface area contributed by atoms with E-state index in [4.69, 9.17) is 4.65 Å². The van der Waals surface area contributed by atoms with Gasteiger partial charge < -0.3 is 14.8 Å². The molecule has 0 atom stereocenters. The molecule has 4 heteroatoms. The Morgan fingerprint density at radius 3 is 2.07 bits per heavy atom. The van der Waals surface area contributed by atoms with Crippen molar-refractivity contribution in [1.82, 2.24) is 0 Å². The molecule has 90 valence electrons. The summed E-state index contributed by atoms with van der Waals surface area (Å²) in [5.74, 6) is 0. The van der Waals surface area contributed by atoms with Crippen LogP contribution >= 0.6 is 0 Å². The number of hydrogen-bond acceptors (Lipinski definition) is 3. The van der Waals surface area contributed by atoms with Gasteiger partial charge in [-0.05, 0) is 34.0 Å². The van der Waals surface area contributed by atoms with Crippen molar-refractivity contribution in [3.05, 3.63) is 0 Å². The molecule has 2 N–H and O–H groups in total. The summed E-state index contributed by atoms with van der Waals surface area (Å²) >= 11 is 0. The first-order chi connectivity index (χ1) is 6.70. The maximum absolute atomic E-state index is 9.83. The van der Waals surface area contributed by atoms with Gasteiger partial charge in [0.2, 0.25) is 0 Å². The molecular weight excluding hydrogens is 191 g/mol. The Morgan fingerprint density at radius 2 is 1.67 bits per heavy atom. The molecule has 0 unspecified atom stereocenters. The molecule has 0 aromatic carbocycles. The van der Waals surface area contributed by atoms with Crippen molar-refractivity contribution < 1.29 is 14.8 Å². The molecule has 0 bridgehead atoms. The van der Waals surface area contributed by atoms with Gasteiger partial charge in [-0.1, -0.05) is 26.2 Å². The minimum Gasteiger partial charge on any atom is -0.427 e. The maximum atomic E-state index is 9.83. The number of rotatable bonds is 7. The fourth-order valence-corrected chi connectivity index (χ4v) is 1.11. The first kappa shape index (κ1) is 14.9. The molecular formula is C11H25BO3. The van der Waals surface area contributed by atoms with Gasteiger partial charge in [0.15, 0.2) is 0 Å². The van der Waals surface area contributed by atoms with Crippen molar-refractivity contribution >= 4 is 7.12 Å². The van der Waals surface area contributed by atoms with Crippen LogP contribution in [0.2, 0.25) is 6.32 Å². The third-order valence-electron chi connectivity index (χ3n) is 2.96. The van der Waals surface area contributed by atoms with E-state index in [0.717, 1.165) is 19.3 Å². The SMILES string of the molecule is CCCCCB(O)OC(C)(C)C(C)(C)O. The predicted molar refractivity (Wildman–Crippen MR) is 63.8 cm³/mol. The van der Waals surface area contributed by atoms with Gasteiger partial charge in [0.1, 0.15) is 0 Å². The molecule has 0 heterocycles. The molecule has 0 aromatic heterocycles. The van der Waals surface area contributed by atoms with Crippen LogP contribution in [0, 0.1) is 0 Å². The van der Waals surface area contributed by atoms with Gasteiger partial charge in [-0.25, -0.2) is 0 Å². The molecule has 0 radical (unpaired) electrons. The summed E-state index contributed by atoms with van der Waals surface area (Å²) in [4.78, 5) is 0. The second kappa shape index (κ2) is 5.87. The lowest BCUT2D eigenvalue weighted by molar-refractivity contribution is -0.1000. The maximum Gasteiger partial charge on any atom is 0.454 e. The lowest BCUT2D eigenvalue weighted by Crippen LogP contribution is -2.50. The molecule has 0 spiro atoms. The van der Waals surface area contributed by atoms with Crippen LogP contribution in [0.4, 0.5) is 0 Å². The lowest BCUT2D eigenvalue weighted by Gasteiger charge is -2.38. The molecule has 0 aliphatic heterocycles. The Kier molecular flexibility index (Phi) is 5.85. The molecule has 0 saturated heterocycles. The summed E-state index contributed by atoms with van der Waals surface area (Å²) in [5, 5.41) is 19.5. The molecule has 0 aromatic rings. The van der Waals surface area contributed by atoms with Gasteiger partial charge >= 0.3 is 7.12 Å². The van der Waals surface area contributed by atoms with Crippen molar-refractivity contribution in [3.8, 4) is 0 Å². The Morgan fingerprint density at radius 1 is 1.13 bits per heavy atom. The molecule has 0 rings (SSSR count). The van der Waals surface area contributed by atoms with Gasteiger partial charge in [-0.2, -0.15) is 0 Å². The molecule has 0 aliphatic rings. The normalized spacial score (nSPS) is 13.0. The second-order valence-electron chi connectivity index (χ2n) is 5.14. The quantitative estimate of drug-likeness (QED) is 0.506. The highest BCUT2D eigenvalue weighted by Gasteiger charge is 2.38. The minimum atomic E-state index is -0.960. The van der Waals surface area contributed by atoms with E-state index in [1.807, 2.05) is 0 Å². The highest BCUT2D eigenvalue weighted by molar-refractivity contribution is 6.42. The van der Waals surface area contributed by atoms with Gasteiger partial charge in [0.25, 0.3) is 0 Å². The fourth-order valence-electron chi connectivity index (χ4n) is 1.11. The van der Waals surface area contributed by atoms with Crippen molar-refractivity contribution in [3.63, 3.8) is 0 Å². The zero-order chi connectivity index (χ0) is 12.1. The minimum absolute atomic E-state index is 0.632. The second-order valence-corrected chi connectivity index (χ2v) is 5.14. The number of hydrogen-bond donors (Lipinski definition) is 2. The zero-order valence-corrected chi connectivity index (χ0v) is 10.7. The van der Waals surface area contributed by atoms with E-state index in [1.165, 1.54) is 0 Å². The van der Waals surface area contributed by atoms with E-state index in [2.05, 4.69) is 6.92 Å². The van der Waals surface area contributed by atoms with Crippen molar-refractivity contribution in [2.45, 2.75) is 71.4 Å². The summed E-state index contributed by atoms with van der Waals surface area (Å²) in [6, 6.07) is 0. The zero-order valence-electron chi connectivity index (χ0n) is 10.7. The van der Waals surface area contributed by atoms with Crippen LogP contribution in [-0.2, 0) is 4.65 Å². The molecule has 0 saturated carbocycles. The topological polar surface area (TPSA) is 49.7 Å². The highest BCUT2D eigenvalue weighted by atomic mass is 16.5. The van der Waals surface area contributed by atoms with Crippen LogP contribution in [0.15, 0.2) is 0 Å². The first-order valence-electron chi connectivity index (χ1n) is 5.79. The van der Waals surface area contributed by atoms with E-state index < -0.39 is 18.3 Å². The number of aliphatic hydroxyl groups is 1. The average Bonchev–Trinajstić information content (AvgIpc) is 2.01. The van der Waals surface area contributed by atoms with E-state index in [1.54, 1.807) is 27.7 Å². The Labute approximate surface area is 94.0 Å². The summed E-state index contributed by atoms with van der Waals surface area (Å²) in [5.41, 5.74) is -1.70. The molecule has 0 amide bonds. The van der Waals surface area contributed by atoms with Crippen molar-refractivity contribution in [2.24, 2.45) is 0 Å². The summed E-state index contributed by atoms with van der Waals surface area (Å²) in [6.07, 6.45) is 3.82. The van der Waals surface area contributed by atoms with Gasteiger partial charge in [0.05, 0.1) is 11.2 Å². The number of unbranched alkanes of at least 4 members (excludes halogenated alkanes) is 2. The van der Waals surface area contributed by atoms with Crippen molar-refractivity contribution in [1.29, 1.82) is 0 Å². The Bertz CT molecular complexity index is 175. The average molecular weight is 216 g/mol. The van der Waals surface area contributed by atoms with Crippen LogP contribution in [0.25, 0.3) is 0 Å². The van der Waals surface area contributed by atoms with Crippen LogP contribution in [0.5, 0.6) is 0 Å². The smallest absolute Gasteiger partial charge is 0.427 e. The van der Waals surface area contributed by atoms with Crippen LogP contribution in [-0.4, -0.2) is 28.5 Å². The highest BCUT2D eigenvalue weighted by Crippen LogP contribution is 2.26. The van der Waals surface area contributed by atoms with E-state index in [-0.39, 0.29) is 0 Å². The van der Waals surface area contributed by atoms with Crippen molar-refractivity contribution in [2.75, 3.05) is 0 Å². The van der Waals surface area contributed by atoms with Gasteiger partial charge in [-0.15, -0.1) is 0 Å². The third-order valence-corrected chi connectivity index (χ3v) is 2.96. The summed E-state index contributed by atoms with van der Waals surface area (Å²) < 4.78 is 5.45. The summed E-state index contributed by atoms with van der Waals surface area (Å²) in [6.45, 7) is 9.07. The van der Waals surface area contributed by atoms with Crippen LogP contribution in [0.1, 0.15) is 53.9 Å². The molecule has 0 aliphatic carbocycles. The largest absolute Gasteiger partial charge is 0.454 e. The van der Waals surface area contributed by atoms with Gasteiger partial charge in [0, 0.05) is 0 Å². The predicted octanol–water partition coefficient (Wildman–Crippen LogP) is 2.22. The van der Waals surface area contributed by atoms with Crippen LogP contribution in [0.3, 0.4) is 0 Å². The fraction of sp³-hybridized carbons (Fsp3) is 1.00.